The standard InChI is InChI=1S/C23H37NO2/c1-22-8-7-16-15(6-5-14-11-19-20(26-19)13-23(14,16)2)17(22)12-18(21(22)25)24-9-3-4-10-24/h14-21,25H,3-13H2,1-2H3/t14-,15-,16-,17-,18-,19+,20+,21-,22-,23-/m0/s1. The van der Waals surface area contributed by atoms with E-state index in [0.717, 1.165) is 23.7 Å². The summed E-state index contributed by atoms with van der Waals surface area (Å²) in [6.07, 6.45) is 13.1. The number of hydrogen-bond donors (Lipinski definition) is 1. The molecule has 2 saturated heterocycles. The summed E-state index contributed by atoms with van der Waals surface area (Å²) >= 11 is 0. The van der Waals surface area contributed by atoms with Gasteiger partial charge in [-0.25, -0.2) is 0 Å². The summed E-state index contributed by atoms with van der Waals surface area (Å²) < 4.78 is 5.98. The van der Waals surface area contributed by atoms with Crippen molar-refractivity contribution in [1.29, 1.82) is 0 Å². The smallest absolute Gasteiger partial charge is 0.0847 e. The van der Waals surface area contributed by atoms with Crippen molar-refractivity contribution in [2.45, 2.75) is 96.0 Å². The first-order valence-corrected chi connectivity index (χ1v) is 11.6. The highest BCUT2D eigenvalue weighted by atomic mass is 16.6. The van der Waals surface area contributed by atoms with Crippen molar-refractivity contribution < 1.29 is 9.84 Å². The van der Waals surface area contributed by atoms with Gasteiger partial charge in [-0.2, -0.15) is 0 Å². The Morgan fingerprint density at radius 3 is 2.54 bits per heavy atom. The lowest BCUT2D eigenvalue weighted by molar-refractivity contribution is -0.119. The number of likely N-dealkylation sites (tertiary alicyclic amines) is 1. The van der Waals surface area contributed by atoms with Crippen LogP contribution in [-0.4, -0.2) is 47.4 Å². The van der Waals surface area contributed by atoms with Crippen LogP contribution in [0.2, 0.25) is 0 Å². The quantitative estimate of drug-likeness (QED) is 0.723. The summed E-state index contributed by atoms with van der Waals surface area (Å²) in [5.41, 5.74) is 0.684. The first-order valence-electron chi connectivity index (χ1n) is 11.6. The van der Waals surface area contributed by atoms with Gasteiger partial charge < -0.3 is 9.84 Å². The summed E-state index contributed by atoms with van der Waals surface area (Å²) in [5, 5.41) is 11.4. The van der Waals surface area contributed by atoms with Crippen LogP contribution in [0, 0.1) is 34.5 Å². The van der Waals surface area contributed by atoms with Crippen molar-refractivity contribution in [2.75, 3.05) is 13.1 Å². The van der Waals surface area contributed by atoms with Crippen LogP contribution in [0.25, 0.3) is 0 Å². The molecule has 4 saturated carbocycles. The molecule has 3 heteroatoms. The van der Waals surface area contributed by atoms with E-state index in [-0.39, 0.29) is 11.5 Å². The fraction of sp³-hybridized carbons (Fsp3) is 1.00. The van der Waals surface area contributed by atoms with Gasteiger partial charge in [0.25, 0.3) is 0 Å². The molecule has 6 aliphatic rings. The maximum Gasteiger partial charge on any atom is 0.0847 e. The summed E-state index contributed by atoms with van der Waals surface area (Å²) in [6, 6.07) is 0.444. The highest BCUT2D eigenvalue weighted by Crippen LogP contribution is 2.68. The number of ether oxygens (including phenoxy) is 1. The summed E-state index contributed by atoms with van der Waals surface area (Å²) in [5.74, 6) is 3.39. The fourth-order valence-electron chi connectivity index (χ4n) is 8.93. The minimum atomic E-state index is -0.0976. The molecule has 0 spiro atoms. The van der Waals surface area contributed by atoms with Gasteiger partial charge in [0.2, 0.25) is 0 Å². The molecule has 6 fully saturated rings. The zero-order valence-electron chi connectivity index (χ0n) is 16.7. The average Bonchev–Trinajstić information content (AvgIpc) is 3.02. The zero-order valence-corrected chi connectivity index (χ0v) is 16.7. The molecule has 0 radical (unpaired) electrons. The molecule has 0 amide bonds. The number of aliphatic hydroxyl groups excluding tert-OH is 1. The Kier molecular flexibility index (Phi) is 3.54. The Morgan fingerprint density at radius 1 is 0.923 bits per heavy atom. The van der Waals surface area contributed by atoms with Gasteiger partial charge in [0.1, 0.15) is 0 Å². The zero-order chi connectivity index (χ0) is 17.7. The lowest BCUT2D eigenvalue weighted by atomic mass is 9.45. The topological polar surface area (TPSA) is 36.0 Å². The molecule has 0 bridgehead atoms. The highest BCUT2D eigenvalue weighted by molar-refractivity contribution is 5.15. The summed E-state index contributed by atoms with van der Waals surface area (Å²) in [7, 11) is 0. The molecule has 6 rings (SSSR count). The molecule has 26 heavy (non-hydrogen) atoms. The van der Waals surface area contributed by atoms with Gasteiger partial charge in [-0.05, 0) is 105 Å². The first-order chi connectivity index (χ1) is 12.5. The van der Waals surface area contributed by atoms with Crippen molar-refractivity contribution in [2.24, 2.45) is 34.5 Å². The molecule has 3 nitrogen and oxygen atoms in total. The van der Waals surface area contributed by atoms with E-state index in [1.54, 1.807) is 0 Å². The summed E-state index contributed by atoms with van der Waals surface area (Å²) in [4.78, 5) is 2.64. The van der Waals surface area contributed by atoms with Gasteiger partial charge in [-0.1, -0.05) is 13.8 Å². The summed E-state index contributed by atoms with van der Waals surface area (Å²) in [6.45, 7) is 7.51. The third-order valence-corrected chi connectivity index (χ3v) is 10.5. The van der Waals surface area contributed by atoms with Gasteiger partial charge in [0.15, 0.2) is 0 Å². The van der Waals surface area contributed by atoms with Crippen LogP contribution >= 0.6 is 0 Å². The van der Waals surface area contributed by atoms with Crippen molar-refractivity contribution in [3.8, 4) is 0 Å². The van der Waals surface area contributed by atoms with Crippen molar-refractivity contribution >= 4 is 0 Å². The van der Waals surface area contributed by atoms with E-state index in [4.69, 9.17) is 4.74 Å². The van der Waals surface area contributed by atoms with Crippen molar-refractivity contribution in [3.05, 3.63) is 0 Å². The third kappa shape index (κ3) is 2.12. The van der Waals surface area contributed by atoms with Crippen LogP contribution < -0.4 is 0 Å². The monoisotopic (exact) mass is 359 g/mol. The predicted molar refractivity (Wildman–Crippen MR) is 102 cm³/mol. The van der Waals surface area contributed by atoms with Crippen LogP contribution in [-0.2, 0) is 4.74 Å². The van der Waals surface area contributed by atoms with E-state index in [9.17, 15) is 5.11 Å². The number of aliphatic hydroxyl groups is 1. The lowest BCUT2D eigenvalue weighted by Gasteiger charge is -2.59. The van der Waals surface area contributed by atoms with Crippen LogP contribution in [0.3, 0.4) is 0 Å². The lowest BCUT2D eigenvalue weighted by Crippen LogP contribution is -2.54. The van der Waals surface area contributed by atoms with Gasteiger partial charge in [-0.3, -0.25) is 4.90 Å². The Morgan fingerprint density at radius 2 is 1.73 bits per heavy atom. The molecule has 0 aromatic carbocycles. The number of nitrogens with zero attached hydrogens (tertiary/aromatic N) is 1. The molecule has 1 N–H and O–H groups in total. The normalized spacial score (nSPS) is 61.5. The average molecular weight is 360 g/mol. The van der Waals surface area contributed by atoms with Crippen LogP contribution in [0.5, 0.6) is 0 Å². The number of rotatable bonds is 1. The minimum Gasteiger partial charge on any atom is -0.391 e. The molecule has 146 valence electrons. The van der Waals surface area contributed by atoms with Crippen LogP contribution in [0.1, 0.15) is 71.6 Å². The van der Waals surface area contributed by atoms with E-state index in [2.05, 4.69) is 18.7 Å². The van der Waals surface area contributed by atoms with E-state index in [1.165, 1.54) is 70.9 Å². The number of hydrogen-bond acceptors (Lipinski definition) is 3. The van der Waals surface area contributed by atoms with Crippen LogP contribution in [0.4, 0.5) is 0 Å². The molecule has 10 atom stereocenters. The Bertz CT molecular complexity index is 589. The van der Waals surface area contributed by atoms with E-state index in [0.29, 0.717) is 23.7 Å². The maximum absolute atomic E-state index is 11.4. The van der Waals surface area contributed by atoms with Gasteiger partial charge in [-0.15, -0.1) is 0 Å². The molecule has 0 aromatic heterocycles. The van der Waals surface area contributed by atoms with Crippen molar-refractivity contribution in [3.63, 3.8) is 0 Å². The Balaban J connectivity index is 1.29. The Labute approximate surface area is 158 Å². The predicted octanol–water partition coefficient (Wildman–Crippen LogP) is 3.84. The Hall–Kier alpha value is -0.120. The largest absolute Gasteiger partial charge is 0.391 e. The van der Waals surface area contributed by atoms with E-state index < -0.39 is 0 Å². The second kappa shape index (κ2) is 5.48. The molecule has 0 unspecified atom stereocenters. The second-order valence-corrected chi connectivity index (χ2v) is 11.3. The van der Waals surface area contributed by atoms with Crippen LogP contribution in [0.15, 0.2) is 0 Å². The second-order valence-electron chi connectivity index (χ2n) is 11.3. The van der Waals surface area contributed by atoms with Gasteiger partial charge in [0, 0.05) is 6.04 Å². The molecular weight excluding hydrogens is 322 g/mol. The SMILES string of the molecule is C[C@]12C[C@H]3O[C@@H]3C[C@@H]1CC[C@H]1[C@@H]2CC[C@]2(C)[C@@H](O)[C@@H](N3CCCC3)C[C@@H]12. The van der Waals surface area contributed by atoms with Crippen molar-refractivity contribution in [1.82, 2.24) is 4.90 Å². The number of fused-ring (bicyclic) bond motifs is 6. The minimum absolute atomic E-state index is 0.0976. The molecule has 2 heterocycles. The fourth-order valence-corrected chi connectivity index (χ4v) is 8.93. The third-order valence-electron chi connectivity index (χ3n) is 10.5. The maximum atomic E-state index is 11.4. The highest BCUT2D eigenvalue weighted by Gasteiger charge is 2.65. The molecule has 2 aliphatic heterocycles. The molecule has 0 aromatic rings. The van der Waals surface area contributed by atoms with E-state index in [1.807, 2.05) is 0 Å². The molecular formula is C23H37NO2. The number of epoxide rings is 1. The molecule has 4 aliphatic carbocycles. The van der Waals surface area contributed by atoms with Gasteiger partial charge in [0.05, 0.1) is 18.3 Å². The first kappa shape index (κ1) is 16.8. The van der Waals surface area contributed by atoms with E-state index >= 15 is 0 Å². The van der Waals surface area contributed by atoms with Gasteiger partial charge >= 0.3 is 0 Å².